The van der Waals surface area contributed by atoms with Gasteiger partial charge in [-0.2, -0.15) is 5.10 Å². The first-order valence-corrected chi connectivity index (χ1v) is 8.27. The van der Waals surface area contributed by atoms with E-state index >= 15 is 0 Å². The minimum Gasteiger partial charge on any atom is -0.327 e. The standard InChI is InChI=1S/C16H30N4/c1-13(2)11-20-16(18-12-19-20)10-15(17)9-14-7-5-3-4-6-8-14/h12-15H,3-11,17H2,1-2H3. The summed E-state index contributed by atoms with van der Waals surface area (Å²) < 4.78 is 2.03. The monoisotopic (exact) mass is 278 g/mol. The number of nitrogens with two attached hydrogens (primary N) is 1. The Kier molecular flexibility index (Phi) is 6.02. The van der Waals surface area contributed by atoms with Crippen molar-refractivity contribution in [1.29, 1.82) is 0 Å². The van der Waals surface area contributed by atoms with Crippen molar-refractivity contribution in [2.45, 2.75) is 77.8 Å². The zero-order chi connectivity index (χ0) is 14.4. The average molecular weight is 278 g/mol. The van der Waals surface area contributed by atoms with Crippen LogP contribution in [-0.2, 0) is 13.0 Å². The molecular formula is C16H30N4. The Balaban J connectivity index is 1.84. The van der Waals surface area contributed by atoms with Crippen molar-refractivity contribution in [2.24, 2.45) is 17.6 Å². The third kappa shape index (κ3) is 4.89. The van der Waals surface area contributed by atoms with Crippen LogP contribution in [0.3, 0.4) is 0 Å². The number of aromatic nitrogens is 3. The predicted molar refractivity (Wildman–Crippen MR) is 82.3 cm³/mol. The van der Waals surface area contributed by atoms with Crippen LogP contribution >= 0.6 is 0 Å². The summed E-state index contributed by atoms with van der Waals surface area (Å²) in [6.45, 7) is 5.35. The van der Waals surface area contributed by atoms with Gasteiger partial charge >= 0.3 is 0 Å². The molecule has 2 rings (SSSR count). The molecule has 1 aliphatic rings. The van der Waals surface area contributed by atoms with Gasteiger partial charge in [-0.3, -0.25) is 0 Å². The van der Waals surface area contributed by atoms with Gasteiger partial charge in [0.1, 0.15) is 12.2 Å². The highest BCUT2D eigenvalue weighted by Gasteiger charge is 2.18. The Morgan fingerprint density at radius 2 is 1.95 bits per heavy atom. The van der Waals surface area contributed by atoms with Gasteiger partial charge in [-0.05, 0) is 18.3 Å². The molecule has 1 heterocycles. The van der Waals surface area contributed by atoms with Crippen molar-refractivity contribution < 1.29 is 0 Å². The molecule has 0 aliphatic heterocycles. The van der Waals surface area contributed by atoms with Gasteiger partial charge in [0.15, 0.2) is 0 Å². The summed E-state index contributed by atoms with van der Waals surface area (Å²) in [5.74, 6) is 2.47. The molecule has 20 heavy (non-hydrogen) atoms. The molecule has 1 aliphatic carbocycles. The first-order chi connectivity index (χ1) is 9.65. The topological polar surface area (TPSA) is 56.7 Å². The maximum Gasteiger partial charge on any atom is 0.138 e. The van der Waals surface area contributed by atoms with E-state index in [9.17, 15) is 0 Å². The van der Waals surface area contributed by atoms with E-state index in [4.69, 9.17) is 5.73 Å². The Bertz CT molecular complexity index is 378. The van der Waals surface area contributed by atoms with Crippen LogP contribution in [0.5, 0.6) is 0 Å². The molecule has 4 nitrogen and oxygen atoms in total. The minimum atomic E-state index is 0.230. The second-order valence-electron chi connectivity index (χ2n) is 6.81. The van der Waals surface area contributed by atoms with E-state index in [1.807, 2.05) is 4.68 Å². The third-order valence-electron chi connectivity index (χ3n) is 4.29. The Morgan fingerprint density at radius 1 is 1.25 bits per heavy atom. The Morgan fingerprint density at radius 3 is 2.60 bits per heavy atom. The van der Waals surface area contributed by atoms with Crippen LogP contribution in [0.4, 0.5) is 0 Å². The average Bonchev–Trinajstić information content (AvgIpc) is 2.64. The minimum absolute atomic E-state index is 0.230. The highest BCUT2D eigenvalue weighted by atomic mass is 15.3. The fourth-order valence-electron chi connectivity index (χ4n) is 3.29. The summed E-state index contributed by atoms with van der Waals surface area (Å²) in [7, 11) is 0. The Labute approximate surface area is 123 Å². The highest BCUT2D eigenvalue weighted by Crippen LogP contribution is 2.26. The van der Waals surface area contributed by atoms with Crippen LogP contribution < -0.4 is 5.73 Å². The molecule has 0 amide bonds. The molecule has 0 bridgehead atoms. The molecule has 1 saturated carbocycles. The maximum atomic E-state index is 6.37. The van der Waals surface area contributed by atoms with Crippen LogP contribution in [0, 0.1) is 11.8 Å². The molecular weight excluding hydrogens is 248 g/mol. The van der Waals surface area contributed by atoms with Gasteiger partial charge in [-0.1, -0.05) is 52.4 Å². The lowest BCUT2D eigenvalue weighted by Gasteiger charge is -2.19. The van der Waals surface area contributed by atoms with Crippen molar-refractivity contribution in [1.82, 2.24) is 14.8 Å². The summed E-state index contributed by atoms with van der Waals surface area (Å²) in [5, 5.41) is 4.32. The molecule has 1 fully saturated rings. The van der Waals surface area contributed by atoms with Gasteiger partial charge in [-0.15, -0.1) is 0 Å². The van der Waals surface area contributed by atoms with Crippen LogP contribution in [-0.4, -0.2) is 20.8 Å². The molecule has 0 saturated heterocycles. The SMILES string of the molecule is CC(C)Cn1ncnc1CC(N)CC1CCCCCC1. The maximum absolute atomic E-state index is 6.37. The number of rotatable bonds is 6. The summed E-state index contributed by atoms with van der Waals surface area (Å²) in [6.07, 6.45) is 12.0. The van der Waals surface area contributed by atoms with Crippen molar-refractivity contribution in [3.63, 3.8) is 0 Å². The van der Waals surface area contributed by atoms with Gasteiger partial charge in [0.2, 0.25) is 0 Å². The third-order valence-corrected chi connectivity index (χ3v) is 4.29. The smallest absolute Gasteiger partial charge is 0.138 e. The number of hydrogen-bond donors (Lipinski definition) is 1. The van der Waals surface area contributed by atoms with Crippen molar-refractivity contribution >= 4 is 0 Å². The largest absolute Gasteiger partial charge is 0.327 e. The van der Waals surface area contributed by atoms with Crippen LogP contribution in [0.15, 0.2) is 6.33 Å². The van der Waals surface area contributed by atoms with E-state index < -0.39 is 0 Å². The zero-order valence-electron chi connectivity index (χ0n) is 13.1. The molecule has 114 valence electrons. The summed E-state index contributed by atoms with van der Waals surface area (Å²) >= 11 is 0. The van der Waals surface area contributed by atoms with Crippen LogP contribution in [0.2, 0.25) is 0 Å². The van der Waals surface area contributed by atoms with E-state index in [1.54, 1.807) is 6.33 Å². The van der Waals surface area contributed by atoms with E-state index in [1.165, 1.54) is 38.5 Å². The van der Waals surface area contributed by atoms with Gasteiger partial charge in [0.25, 0.3) is 0 Å². The van der Waals surface area contributed by atoms with Gasteiger partial charge in [0, 0.05) is 19.0 Å². The van der Waals surface area contributed by atoms with Crippen molar-refractivity contribution in [3.8, 4) is 0 Å². The second-order valence-corrected chi connectivity index (χ2v) is 6.81. The fourth-order valence-corrected chi connectivity index (χ4v) is 3.29. The van der Waals surface area contributed by atoms with Crippen molar-refractivity contribution in [2.75, 3.05) is 0 Å². The fraction of sp³-hybridized carbons (Fsp3) is 0.875. The quantitative estimate of drug-likeness (QED) is 0.813. The molecule has 0 spiro atoms. The first-order valence-electron chi connectivity index (χ1n) is 8.27. The summed E-state index contributed by atoms with van der Waals surface area (Å²) in [6, 6.07) is 0.230. The second kappa shape index (κ2) is 7.77. The van der Waals surface area contributed by atoms with Crippen molar-refractivity contribution in [3.05, 3.63) is 12.2 Å². The molecule has 2 N–H and O–H groups in total. The molecule has 0 aromatic carbocycles. The van der Waals surface area contributed by atoms with Gasteiger partial charge < -0.3 is 5.73 Å². The molecule has 4 heteroatoms. The number of nitrogens with zero attached hydrogens (tertiary/aromatic N) is 3. The van der Waals surface area contributed by atoms with E-state index in [2.05, 4.69) is 23.9 Å². The molecule has 1 unspecified atom stereocenters. The lowest BCUT2D eigenvalue weighted by molar-refractivity contribution is 0.377. The Hall–Kier alpha value is -0.900. The molecule has 1 aromatic rings. The lowest BCUT2D eigenvalue weighted by Crippen LogP contribution is -2.28. The molecule has 0 radical (unpaired) electrons. The van der Waals surface area contributed by atoms with E-state index in [0.717, 1.165) is 31.1 Å². The van der Waals surface area contributed by atoms with E-state index in [0.29, 0.717) is 5.92 Å². The summed E-state index contributed by atoms with van der Waals surface area (Å²) in [4.78, 5) is 4.39. The first kappa shape index (κ1) is 15.5. The normalized spacial score (nSPS) is 19.2. The van der Waals surface area contributed by atoms with Crippen LogP contribution in [0.25, 0.3) is 0 Å². The predicted octanol–water partition coefficient (Wildman–Crippen LogP) is 3.16. The summed E-state index contributed by atoms with van der Waals surface area (Å²) in [5.41, 5.74) is 6.37. The highest BCUT2D eigenvalue weighted by molar-refractivity contribution is 4.90. The van der Waals surface area contributed by atoms with Gasteiger partial charge in [0.05, 0.1) is 0 Å². The van der Waals surface area contributed by atoms with E-state index in [-0.39, 0.29) is 6.04 Å². The number of hydrogen-bond acceptors (Lipinski definition) is 3. The molecule has 1 atom stereocenters. The molecule has 1 aromatic heterocycles. The van der Waals surface area contributed by atoms with Gasteiger partial charge in [-0.25, -0.2) is 9.67 Å². The zero-order valence-corrected chi connectivity index (χ0v) is 13.1. The lowest BCUT2D eigenvalue weighted by atomic mass is 9.91. The van der Waals surface area contributed by atoms with Crippen LogP contribution in [0.1, 0.15) is 64.6 Å².